The van der Waals surface area contributed by atoms with E-state index < -0.39 is 0 Å². The van der Waals surface area contributed by atoms with Crippen molar-refractivity contribution in [3.8, 4) is 11.4 Å². The summed E-state index contributed by atoms with van der Waals surface area (Å²) in [6, 6.07) is 3.89. The Hall–Kier alpha value is -2.34. The van der Waals surface area contributed by atoms with Crippen molar-refractivity contribution in [2.45, 2.75) is 26.2 Å². The molecule has 0 aliphatic heterocycles. The maximum Gasteiger partial charge on any atom is 0.183 e. The Kier molecular flexibility index (Phi) is 2.76. The molecule has 4 aromatic heterocycles. The van der Waals surface area contributed by atoms with Gasteiger partial charge in [-0.2, -0.15) is 0 Å². The van der Waals surface area contributed by atoms with Crippen molar-refractivity contribution >= 4 is 27.2 Å². The molecular weight excluding hydrogens is 306 g/mol. The highest BCUT2D eigenvalue weighted by Gasteiger charge is 2.23. The van der Waals surface area contributed by atoms with Crippen LogP contribution in [0.5, 0.6) is 0 Å². The van der Waals surface area contributed by atoms with Gasteiger partial charge in [-0.1, -0.05) is 6.92 Å². The maximum absolute atomic E-state index is 4.80. The molecule has 0 spiro atoms. The van der Waals surface area contributed by atoms with Crippen LogP contribution >= 0.6 is 11.3 Å². The van der Waals surface area contributed by atoms with Crippen molar-refractivity contribution in [3.63, 3.8) is 0 Å². The van der Waals surface area contributed by atoms with E-state index in [-0.39, 0.29) is 0 Å². The molecule has 0 saturated heterocycles. The van der Waals surface area contributed by atoms with Crippen LogP contribution in [0.25, 0.3) is 27.3 Å². The molecule has 0 unspecified atom stereocenters. The number of thiophene rings is 1. The summed E-state index contributed by atoms with van der Waals surface area (Å²) in [6.45, 7) is 2.32. The fourth-order valence-electron chi connectivity index (χ4n) is 3.36. The fraction of sp³-hybridized carbons (Fsp3) is 0.294. The zero-order valence-corrected chi connectivity index (χ0v) is 13.5. The number of nitrogens with zero attached hydrogens (tertiary/aromatic N) is 5. The van der Waals surface area contributed by atoms with E-state index in [0.29, 0.717) is 5.82 Å². The van der Waals surface area contributed by atoms with E-state index in [1.54, 1.807) is 23.2 Å². The molecule has 23 heavy (non-hydrogen) atoms. The molecule has 0 fully saturated rings. The monoisotopic (exact) mass is 321 g/mol. The average molecular weight is 321 g/mol. The Bertz CT molecular complexity index is 1020. The number of aryl methyl sites for hydroxylation is 1. The lowest BCUT2D eigenvalue weighted by Gasteiger charge is -2.17. The molecule has 1 atom stereocenters. The minimum absolute atomic E-state index is 0.705. The predicted octanol–water partition coefficient (Wildman–Crippen LogP) is 3.53. The topological polar surface area (TPSA) is 56.0 Å². The van der Waals surface area contributed by atoms with Crippen LogP contribution < -0.4 is 0 Å². The van der Waals surface area contributed by atoms with Crippen LogP contribution in [-0.2, 0) is 12.8 Å². The number of hydrogen-bond acceptors (Lipinski definition) is 5. The third kappa shape index (κ3) is 1.98. The minimum Gasteiger partial charge on any atom is -0.264 e. The van der Waals surface area contributed by atoms with Crippen LogP contribution in [0, 0.1) is 5.92 Å². The molecule has 0 saturated carbocycles. The van der Waals surface area contributed by atoms with Crippen molar-refractivity contribution in [2.24, 2.45) is 5.92 Å². The largest absolute Gasteiger partial charge is 0.264 e. The molecule has 0 amide bonds. The Morgan fingerprint density at radius 3 is 3.17 bits per heavy atom. The molecular formula is C17H15N5S. The van der Waals surface area contributed by atoms with Gasteiger partial charge in [0.1, 0.15) is 11.2 Å². The highest BCUT2D eigenvalue weighted by molar-refractivity contribution is 7.19. The average Bonchev–Trinajstić information content (AvgIpc) is 3.16. The van der Waals surface area contributed by atoms with Crippen molar-refractivity contribution < 1.29 is 0 Å². The molecule has 0 radical (unpaired) electrons. The maximum atomic E-state index is 4.80. The van der Waals surface area contributed by atoms with Crippen LogP contribution in [0.2, 0.25) is 0 Å². The number of fused-ring (bicyclic) bond motifs is 5. The summed E-state index contributed by atoms with van der Waals surface area (Å²) in [5, 5.41) is 5.78. The van der Waals surface area contributed by atoms with Crippen LogP contribution in [0.15, 0.2) is 30.9 Å². The van der Waals surface area contributed by atoms with E-state index in [2.05, 4.69) is 22.0 Å². The minimum atomic E-state index is 0.705. The first-order valence-electron chi connectivity index (χ1n) is 7.85. The SMILES string of the molecule is C[C@@H]1CCc2sc3ncn4nc(-c5cccnc5)nc4c3c2C1. The lowest BCUT2D eigenvalue weighted by molar-refractivity contribution is 0.508. The van der Waals surface area contributed by atoms with E-state index in [0.717, 1.165) is 34.8 Å². The zero-order chi connectivity index (χ0) is 15.4. The number of hydrogen-bond donors (Lipinski definition) is 0. The summed E-state index contributed by atoms with van der Waals surface area (Å²) in [5.74, 6) is 1.43. The Morgan fingerprint density at radius 1 is 1.35 bits per heavy atom. The van der Waals surface area contributed by atoms with Crippen molar-refractivity contribution in [1.29, 1.82) is 0 Å². The number of rotatable bonds is 1. The molecule has 5 rings (SSSR count). The fourth-order valence-corrected chi connectivity index (χ4v) is 4.54. The zero-order valence-electron chi connectivity index (χ0n) is 12.7. The van der Waals surface area contributed by atoms with Crippen LogP contribution in [-0.4, -0.2) is 24.6 Å². The highest BCUT2D eigenvalue weighted by Crippen LogP contribution is 2.38. The van der Waals surface area contributed by atoms with Crippen molar-refractivity contribution in [1.82, 2.24) is 24.6 Å². The summed E-state index contributed by atoms with van der Waals surface area (Å²) in [5.41, 5.74) is 3.29. The van der Waals surface area contributed by atoms with E-state index in [1.807, 2.05) is 23.5 Å². The molecule has 114 valence electrons. The van der Waals surface area contributed by atoms with Gasteiger partial charge in [-0.3, -0.25) is 4.98 Å². The number of pyridine rings is 1. The van der Waals surface area contributed by atoms with Gasteiger partial charge in [0.05, 0.1) is 5.39 Å². The molecule has 4 aromatic rings. The molecule has 1 aliphatic rings. The summed E-state index contributed by atoms with van der Waals surface area (Å²) in [6.07, 6.45) is 8.87. The quantitative estimate of drug-likeness (QED) is 0.538. The van der Waals surface area contributed by atoms with E-state index in [9.17, 15) is 0 Å². The standard InChI is InChI=1S/C17H15N5S/c1-10-4-5-13-12(7-10)14-16-20-15(11-3-2-6-18-8-11)21-22(16)9-19-17(14)23-13/h2-3,6,8-10H,4-5,7H2,1H3/t10-/m1/s1. The Labute approximate surface area is 137 Å². The smallest absolute Gasteiger partial charge is 0.183 e. The van der Waals surface area contributed by atoms with Crippen LogP contribution in [0.1, 0.15) is 23.8 Å². The van der Waals surface area contributed by atoms with Gasteiger partial charge >= 0.3 is 0 Å². The normalized spacial score (nSPS) is 17.7. The lowest BCUT2D eigenvalue weighted by Crippen LogP contribution is -2.09. The van der Waals surface area contributed by atoms with Crippen LogP contribution in [0.4, 0.5) is 0 Å². The van der Waals surface area contributed by atoms with Gasteiger partial charge in [-0.25, -0.2) is 14.5 Å². The molecule has 0 N–H and O–H groups in total. The molecule has 1 aliphatic carbocycles. The summed E-state index contributed by atoms with van der Waals surface area (Å²) in [4.78, 5) is 16.1. The summed E-state index contributed by atoms with van der Waals surface area (Å²) in [7, 11) is 0. The highest BCUT2D eigenvalue weighted by atomic mass is 32.1. The molecule has 0 bridgehead atoms. The van der Waals surface area contributed by atoms with E-state index in [4.69, 9.17) is 4.98 Å². The Balaban J connectivity index is 1.79. The first-order chi connectivity index (χ1) is 11.3. The van der Waals surface area contributed by atoms with Gasteiger partial charge in [-0.15, -0.1) is 16.4 Å². The first-order valence-corrected chi connectivity index (χ1v) is 8.67. The summed E-state index contributed by atoms with van der Waals surface area (Å²) < 4.78 is 1.80. The number of aromatic nitrogens is 5. The van der Waals surface area contributed by atoms with Crippen LogP contribution in [0.3, 0.4) is 0 Å². The second kappa shape index (κ2) is 4.83. The van der Waals surface area contributed by atoms with Gasteiger partial charge < -0.3 is 0 Å². The van der Waals surface area contributed by atoms with E-state index >= 15 is 0 Å². The van der Waals surface area contributed by atoms with Gasteiger partial charge in [0.2, 0.25) is 0 Å². The molecule has 4 heterocycles. The first kappa shape index (κ1) is 13.1. The molecule has 5 nitrogen and oxygen atoms in total. The third-order valence-corrected chi connectivity index (χ3v) is 5.75. The van der Waals surface area contributed by atoms with E-state index in [1.165, 1.54) is 22.2 Å². The van der Waals surface area contributed by atoms with Crippen molar-refractivity contribution in [2.75, 3.05) is 0 Å². The van der Waals surface area contributed by atoms with Gasteiger partial charge in [-0.05, 0) is 42.9 Å². The molecule has 6 heteroatoms. The third-order valence-electron chi connectivity index (χ3n) is 4.55. The van der Waals surface area contributed by atoms with Gasteiger partial charge in [0.25, 0.3) is 0 Å². The van der Waals surface area contributed by atoms with Gasteiger partial charge in [0, 0.05) is 22.8 Å². The second-order valence-electron chi connectivity index (χ2n) is 6.22. The van der Waals surface area contributed by atoms with Gasteiger partial charge in [0.15, 0.2) is 11.5 Å². The van der Waals surface area contributed by atoms with Crippen molar-refractivity contribution in [3.05, 3.63) is 41.3 Å². The lowest BCUT2D eigenvalue weighted by atomic mass is 9.89. The molecule has 0 aromatic carbocycles. The Morgan fingerprint density at radius 2 is 2.30 bits per heavy atom. The summed E-state index contributed by atoms with van der Waals surface area (Å²) >= 11 is 1.82. The second-order valence-corrected chi connectivity index (χ2v) is 7.31. The predicted molar refractivity (Wildman–Crippen MR) is 90.6 cm³/mol.